The minimum Gasteiger partial charge on any atom is -0.497 e. The molecule has 0 bridgehead atoms. The molecule has 2 amide bonds. The summed E-state index contributed by atoms with van der Waals surface area (Å²) in [6, 6.07) is 28.7. The molecule has 0 spiro atoms. The Bertz CT molecular complexity index is 1760. The van der Waals surface area contributed by atoms with Gasteiger partial charge in [-0.05, 0) is 85.0 Å². The van der Waals surface area contributed by atoms with Crippen LogP contribution in [0.25, 0.3) is 0 Å². The maximum Gasteiger partial charge on any atom is 0.264 e. The Hall–Kier alpha value is -4.34. The summed E-state index contributed by atoms with van der Waals surface area (Å²) in [5.74, 6) is -0.263. The molecule has 1 saturated carbocycles. The van der Waals surface area contributed by atoms with Crippen LogP contribution in [0.4, 0.5) is 5.69 Å². The highest BCUT2D eigenvalue weighted by Crippen LogP contribution is 2.28. The lowest BCUT2D eigenvalue weighted by Gasteiger charge is -2.34. The molecule has 246 valence electrons. The van der Waals surface area contributed by atoms with Crippen LogP contribution >= 0.6 is 11.6 Å². The predicted octanol–water partition coefficient (Wildman–Crippen LogP) is 6.55. The van der Waals surface area contributed by atoms with Gasteiger partial charge in [0.05, 0.1) is 17.7 Å². The summed E-state index contributed by atoms with van der Waals surface area (Å²) in [5.41, 5.74) is 2.98. The first-order chi connectivity index (χ1) is 22.7. The van der Waals surface area contributed by atoms with Crippen LogP contribution in [0.1, 0.15) is 42.4 Å². The first kappa shape index (κ1) is 34.0. The lowest BCUT2D eigenvalue weighted by atomic mass is 10.0. The second-order valence-electron chi connectivity index (χ2n) is 11.8. The molecule has 0 aliphatic heterocycles. The number of nitrogens with one attached hydrogen (secondary N) is 1. The molecule has 0 radical (unpaired) electrons. The van der Waals surface area contributed by atoms with Gasteiger partial charge in [-0.2, -0.15) is 0 Å². The van der Waals surface area contributed by atoms with Crippen LogP contribution in [-0.4, -0.2) is 50.9 Å². The Kier molecular flexibility index (Phi) is 11.2. The molecule has 1 atom stereocenters. The van der Waals surface area contributed by atoms with Gasteiger partial charge in [0.2, 0.25) is 11.8 Å². The van der Waals surface area contributed by atoms with Crippen LogP contribution in [0.2, 0.25) is 5.02 Å². The summed E-state index contributed by atoms with van der Waals surface area (Å²) in [6.45, 7) is 1.54. The van der Waals surface area contributed by atoms with Gasteiger partial charge in [0.1, 0.15) is 18.3 Å². The number of ether oxygens (including phenoxy) is 1. The first-order valence-corrected chi connectivity index (χ1v) is 17.6. The Morgan fingerprint density at radius 2 is 1.53 bits per heavy atom. The molecule has 4 aromatic carbocycles. The van der Waals surface area contributed by atoms with Gasteiger partial charge in [0.15, 0.2) is 0 Å². The summed E-state index contributed by atoms with van der Waals surface area (Å²) < 4.78 is 34.7. The highest BCUT2D eigenvalue weighted by atomic mass is 35.5. The lowest BCUT2D eigenvalue weighted by molar-refractivity contribution is -0.140. The van der Waals surface area contributed by atoms with Crippen molar-refractivity contribution in [3.63, 3.8) is 0 Å². The molecule has 0 heterocycles. The maximum atomic E-state index is 14.7. The fourth-order valence-electron chi connectivity index (χ4n) is 5.90. The zero-order valence-corrected chi connectivity index (χ0v) is 28.2. The molecule has 47 heavy (non-hydrogen) atoms. The Morgan fingerprint density at radius 1 is 0.894 bits per heavy atom. The number of aryl methyl sites for hydroxylation is 1. The van der Waals surface area contributed by atoms with E-state index in [9.17, 15) is 18.0 Å². The van der Waals surface area contributed by atoms with E-state index in [1.54, 1.807) is 36.4 Å². The molecule has 5 rings (SSSR count). The number of carbonyl (C=O) groups is 2. The van der Waals surface area contributed by atoms with Crippen molar-refractivity contribution in [3.05, 3.63) is 125 Å². The van der Waals surface area contributed by atoms with Crippen LogP contribution in [0.15, 0.2) is 108 Å². The van der Waals surface area contributed by atoms with Gasteiger partial charge in [0, 0.05) is 24.0 Å². The zero-order chi connectivity index (χ0) is 33.4. The summed E-state index contributed by atoms with van der Waals surface area (Å²) in [7, 11) is -2.74. The highest BCUT2D eigenvalue weighted by molar-refractivity contribution is 7.92. The first-order valence-electron chi connectivity index (χ1n) is 15.8. The third-order valence-corrected chi connectivity index (χ3v) is 10.7. The molecule has 0 aromatic heterocycles. The zero-order valence-electron chi connectivity index (χ0n) is 26.6. The minimum absolute atomic E-state index is 0.00804. The van der Waals surface area contributed by atoms with Crippen LogP contribution in [0, 0.1) is 6.92 Å². The number of hydrogen-bond donors (Lipinski definition) is 1. The normalized spacial score (nSPS) is 13.9. The third-order valence-electron chi connectivity index (χ3n) is 8.62. The van der Waals surface area contributed by atoms with Crippen molar-refractivity contribution in [2.24, 2.45) is 0 Å². The second kappa shape index (κ2) is 15.5. The number of carbonyl (C=O) groups excluding carboxylic acids is 2. The van der Waals surface area contributed by atoms with Crippen molar-refractivity contribution < 1.29 is 22.7 Å². The van der Waals surface area contributed by atoms with Crippen molar-refractivity contribution >= 4 is 39.1 Å². The molecule has 1 fully saturated rings. The fraction of sp³-hybridized carbons (Fsp3) is 0.297. The van der Waals surface area contributed by atoms with E-state index in [2.05, 4.69) is 5.32 Å². The Labute approximate surface area is 282 Å². The summed E-state index contributed by atoms with van der Waals surface area (Å²) >= 11 is 6.16. The molecule has 8 nitrogen and oxygen atoms in total. The average Bonchev–Trinajstić information content (AvgIpc) is 3.60. The van der Waals surface area contributed by atoms with Crippen LogP contribution in [0.3, 0.4) is 0 Å². The number of amides is 2. The van der Waals surface area contributed by atoms with Gasteiger partial charge in [0.25, 0.3) is 10.0 Å². The van der Waals surface area contributed by atoms with E-state index in [1.165, 1.54) is 24.1 Å². The van der Waals surface area contributed by atoms with Gasteiger partial charge >= 0.3 is 0 Å². The van der Waals surface area contributed by atoms with E-state index in [1.807, 2.05) is 61.5 Å². The van der Waals surface area contributed by atoms with E-state index in [-0.39, 0.29) is 35.5 Å². The van der Waals surface area contributed by atoms with E-state index in [0.717, 1.165) is 46.7 Å². The number of halogens is 1. The van der Waals surface area contributed by atoms with E-state index in [0.29, 0.717) is 10.8 Å². The molecule has 0 saturated heterocycles. The minimum atomic E-state index is -4.24. The number of rotatable bonds is 13. The predicted molar refractivity (Wildman–Crippen MR) is 185 cm³/mol. The summed E-state index contributed by atoms with van der Waals surface area (Å²) in [5, 5.41) is 3.63. The van der Waals surface area contributed by atoms with Gasteiger partial charge in [-0.3, -0.25) is 13.9 Å². The topological polar surface area (TPSA) is 96.0 Å². The number of hydrogen-bond acceptors (Lipinski definition) is 5. The quantitative estimate of drug-likeness (QED) is 0.174. The molecule has 1 aliphatic rings. The third kappa shape index (κ3) is 8.53. The number of methoxy groups -OCH3 is 1. The molecule has 4 aromatic rings. The number of benzene rings is 4. The molecule has 1 N–H and O–H groups in total. The maximum absolute atomic E-state index is 14.7. The van der Waals surface area contributed by atoms with Crippen LogP contribution < -0.4 is 14.4 Å². The second-order valence-corrected chi connectivity index (χ2v) is 14.1. The van der Waals surface area contributed by atoms with Gasteiger partial charge in [-0.1, -0.05) is 79.0 Å². The van der Waals surface area contributed by atoms with Gasteiger partial charge in [-0.25, -0.2) is 8.42 Å². The molecular formula is C37H40ClN3O5S. The van der Waals surface area contributed by atoms with Crippen LogP contribution in [0.5, 0.6) is 5.75 Å². The molecule has 1 aliphatic carbocycles. The van der Waals surface area contributed by atoms with Crippen LogP contribution in [-0.2, 0) is 32.6 Å². The van der Waals surface area contributed by atoms with Gasteiger partial charge < -0.3 is 15.0 Å². The number of sulfonamides is 1. The summed E-state index contributed by atoms with van der Waals surface area (Å²) in [6.07, 6.45) is 4.13. The van der Waals surface area contributed by atoms with Crippen molar-refractivity contribution in [2.45, 2.75) is 62.6 Å². The highest BCUT2D eigenvalue weighted by Gasteiger charge is 2.35. The smallest absolute Gasteiger partial charge is 0.264 e. The van der Waals surface area contributed by atoms with Crippen molar-refractivity contribution in [1.82, 2.24) is 10.2 Å². The van der Waals surface area contributed by atoms with Crippen molar-refractivity contribution in [3.8, 4) is 5.75 Å². The molecule has 1 unspecified atom stereocenters. The van der Waals surface area contributed by atoms with Gasteiger partial charge in [-0.15, -0.1) is 0 Å². The standard InChI is InChI=1S/C37H40ClN3O5S/c1-27-10-6-7-13-29(27)25-40(35(24-28-11-4-3-5-12-28)37(43)39-31-14-8-9-15-31)36(42)26-41(32-18-16-30(38)17-19-32)47(44,45)34-22-20-33(46-2)21-23-34/h3-7,10-13,16-23,31,35H,8-9,14-15,24-26H2,1-2H3,(H,39,43). The summed E-state index contributed by atoms with van der Waals surface area (Å²) in [4.78, 5) is 30.3. The molecular weight excluding hydrogens is 634 g/mol. The lowest BCUT2D eigenvalue weighted by Crippen LogP contribution is -2.54. The van der Waals surface area contributed by atoms with E-state index >= 15 is 0 Å². The van der Waals surface area contributed by atoms with E-state index < -0.39 is 28.5 Å². The van der Waals surface area contributed by atoms with E-state index in [4.69, 9.17) is 16.3 Å². The monoisotopic (exact) mass is 673 g/mol. The number of nitrogens with zero attached hydrogens (tertiary/aromatic N) is 2. The molecule has 10 heteroatoms. The van der Waals surface area contributed by atoms with Crippen molar-refractivity contribution in [1.29, 1.82) is 0 Å². The largest absolute Gasteiger partial charge is 0.497 e. The fourth-order valence-corrected chi connectivity index (χ4v) is 7.44. The SMILES string of the molecule is COc1ccc(S(=O)(=O)N(CC(=O)N(Cc2ccccc2C)C(Cc2ccccc2)C(=O)NC2CCCC2)c2ccc(Cl)cc2)cc1. The Balaban J connectivity index is 1.56. The number of anilines is 1. The van der Waals surface area contributed by atoms with Crippen molar-refractivity contribution in [2.75, 3.05) is 18.0 Å². The average molecular weight is 674 g/mol. The Morgan fingerprint density at radius 3 is 2.17 bits per heavy atom.